The molecule has 2 heterocycles. The van der Waals surface area contributed by atoms with E-state index in [4.69, 9.17) is 0 Å². The summed E-state index contributed by atoms with van der Waals surface area (Å²) in [6, 6.07) is 3.69. The molecule has 1 aliphatic rings. The zero-order valence-corrected chi connectivity index (χ0v) is 14.0. The summed E-state index contributed by atoms with van der Waals surface area (Å²) in [5.41, 5.74) is 0. The van der Waals surface area contributed by atoms with Gasteiger partial charge in [-0.05, 0) is 47.4 Å². The van der Waals surface area contributed by atoms with Crippen molar-refractivity contribution in [3.05, 3.63) is 15.9 Å². The highest BCUT2D eigenvalue weighted by atomic mass is 79.9. The Balaban J connectivity index is 0.00000162. The number of rotatable bonds is 4. The first-order valence-corrected chi connectivity index (χ1v) is 8.50. The Morgan fingerprint density at radius 2 is 2.28 bits per heavy atom. The number of sulfonamides is 1. The molecule has 1 aromatic heterocycles. The predicted octanol–water partition coefficient (Wildman–Crippen LogP) is 2.30. The standard InChI is InChI=1S/C10H15BrN2O2S2.ClH/c1-13(7-8-3-2-6-12-8)17(14,15)10-5-4-9(11)16-10;/h4-5,8,12H,2-3,6-7H2,1H3;1H. The second-order valence-corrected chi connectivity index (χ2v) is 8.87. The van der Waals surface area contributed by atoms with E-state index < -0.39 is 10.0 Å². The van der Waals surface area contributed by atoms with Crippen molar-refractivity contribution in [2.45, 2.75) is 23.1 Å². The van der Waals surface area contributed by atoms with Crippen LogP contribution in [0, 0.1) is 0 Å². The Morgan fingerprint density at radius 1 is 1.56 bits per heavy atom. The van der Waals surface area contributed by atoms with Crippen LogP contribution >= 0.6 is 39.7 Å². The number of nitrogens with one attached hydrogen (secondary N) is 1. The van der Waals surface area contributed by atoms with E-state index in [1.54, 1.807) is 19.2 Å². The molecule has 1 aromatic rings. The summed E-state index contributed by atoms with van der Waals surface area (Å²) in [7, 11) is -1.68. The summed E-state index contributed by atoms with van der Waals surface area (Å²) in [5.74, 6) is 0. The van der Waals surface area contributed by atoms with Crippen LogP contribution in [0.5, 0.6) is 0 Å². The van der Waals surface area contributed by atoms with Gasteiger partial charge < -0.3 is 5.32 Å². The summed E-state index contributed by atoms with van der Waals surface area (Å²) >= 11 is 4.53. The molecule has 1 fully saturated rings. The maximum atomic E-state index is 12.2. The molecular weight excluding hydrogens is 360 g/mol. The minimum Gasteiger partial charge on any atom is -0.313 e. The fourth-order valence-electron chi connectivity index (χ4n) is 1.91. The molecule has 0 radical (unpaired) electrons. The summed E-state index contributed by atoms with van der Waals surface area (Å²) in [5, 5.41) is 3.30. The van der Waals surface area contributed by atoms with Crippen molar-refractivity contribution >= 4 is 49.7 Å². The van der Waals surface area contributed by atoms with E-state index in [1.165, 1.54) is 15.6 Å². The highest BCUT2D eigenvalue weighted by Crippen LogP contribution is 2.28. The molecule has 0 bridgehead atoms. The van der Waals surface area contributed by atoms with E-state index in [1.807, 2.05) is 0 Å². The molecule has 2 rings (SSSR count). The second kappa shape index (κ2) is 6.67. The molecule has 1 saturated heterocycles. The molecule has 0 amide bonds. The van der Waals surface area contributed by atoms with Crippen LogP contribution in [0.3, 0.4) is 0 Å². The van der Waals surface area contributed by atoms with Crippen molar-refractivity contribution in [1.82, 2.24) is 9.62 Å². The van der Waals surface area contributed by atoms with Crippen molar-refractivity contribution in [3.63, 3.8) is 0 Å². The molecule has 8 heteroatoms. The zero-order chi connectivity index (χ0) is 12.5. The topological polar surface area (TPSA) is 49.4 Å². The maximum Gasteiger partial charge on any atom is 0.252 e. The van der Waals surface area contributed by atoms with Crippen LogP contribution in [0.15, 0.2) is 20.1 Å². The van der Waals surface area contributed by atoms with Gasteiger partial charge in [-0.25, -0.2) is 8.42 Å². The Bertz CT molecular complexity index is 486. The van der Waals surface area contributed by atoms with Crippen molar-refractivity contribution in [2.75, 3.05) is 20.1 Å². The van der Waals surface area contributed by atoms with Gasteiger partial charge in [0.1, 0.15) is 4.21 Å². The van der Waals surface area contributed by atoms with Gasteiger partial charge in [-0.15, -0.1) is 23.7 Å². The summed E-state index contributed by atoms with van der Waals surface area (Å²) in [4.78, 5) is 0. The summed E-state index contributed by atoms with van der Waals surface area (Å²) < 4.78 is 27.1. The van der Waals surface area contributed by atoms with E-state index in [-0.39, 0.29) is 18.4 Å². The average Bonchev–Trinajstić information content (AvgIpc) is 2.89. The first-order chi connectivity index (χ1) is 8.00. The van der Waals surface area contributed by atoms with Crippen molar-refractivity contribution in [1.29, 1.82) is 0 Å². The number of halogens is 2. The zero-order valence-electron chi connectivity index (χ0n) is 9.93. The van der Waals surface area contributed by atoms with Gasteiger partial charge in [0.15, 0.2) is 0 Å². The van der Waals surface area contributed by atoms with Gasteiger partial charge in [0.05, 0.1) is 3.79 Å². The van der Waals surface area contributed by atoms with Crippen LogP contribution in [-0.2, 0) is 10.0 Å². The number of hydrogen-bond donors (Lipinski definition) is 1. The van der Waals surface area contributed by atoms with Crippen LogP contribution < -0.4 is 5.32 Å². The minimum atomic E-state index is -3.32. The van der Waals surface area contributed by atoms with Crippen LogP contribution in [-0.4, -0.2) is 38.9 Å². The summed E-state index contributed by atoms with van der Waals surface area (Å²) in [6.07, 6.45) is 2.18. The van der Waals surface area contributed by atoms with Crippen LogP contribution in [0.1, 0.15) is 12.8 Å². The minimum absolute atomic E-state index is 0. The second-order valence-electron chi connectivity index (χ2n) is 4.14. The molecule has 0 aliphatic carbocycles. The van der Waals surface area contributed by atoms with E-state index in [0.29, 0.717) is 10.8 Å². The van der Waals surface area contributed by atoms with Gasteiger partial charge in [0, 0.05) is 19.6 Å². The van der Waals surface area contributed by atoms with Crippen LogP contribution in [0.25, 0.3) is 0 Å². The van der Waals surface area contributed by atoms with Gasteiger partial charge in [0.25, 0.3) is 10.0 Å². The van der Waals surface area contributed by atoms with E-state index in [0.717, 1.165) is 23.2 Å². The number of hydrogen-bond acceptors (Lipinski definition) is 4. The largest absolute Gasteiger partial charge is 0.313 e. The van der Waals surface area contributed by atoms with E-state index >= 15 is 0 Å². The maximum absolute atomic E-state index is 12.2. The Labute approximate surface area is 126 Å². The van der Waals surface area contributed by atoms with Crippen molar-refractivity contribution in [3.8, 4) is 0 Å². The highest BCUT2D eigenvalue weighted by molar-refractivity contribution is 9.11. The Kier molecular flexibility index (Phi) is 6.08. The molecule has 0 spiro atoms. The van der Waals surface area contributed by atoms with Gasteiger partial charge in [-0.2, -0.15) is 4.31 Å². The molecule has 1 unspecified atom stereocenters. The first kappa shape index (κ1) is 16.4. The Morgan fingerprint density at radius 3 is 2.78 bits per heavy atom. The van der Waals surface area contributed by atoms with Gasteiger partial charge >= 0.3 is 0 Å². The van der Waals surface area contributed by atoms with Crippen LogP contribution in [0.2, 0.25) is 0 Å². The molecule has 1 atom stereocenters. The highest BCUT2D eigenvalue weighted by Gasteiger charge is 2.26. The monoisotopic (exact) mass is 374 g/mol. The van der Waals surface area contributed by atoms with Crippen molar-refractivity contribution in [2.24, 2.45) is 0 Å². The van der Waals surface area contributed by atoms with Gasteiger partial charge in [0.2, 0.25) is 0 Å². The van der Waals surface area contributed by atoms with E-state index in [9.17, 15) is 8.42 Å². The van der Waals surface area contributed by atoms with Gasteiger partial charge in [-0.1, -0.05) is 0 Å². The van der Waals surface area contributed by atoms with E-state index in [2.05, 4.69) is 21.2 Å². The number of nitrogens with zero attached hydrogens (tertiary/aromatic N) is 1. The molecular formula is C10H16BrClN2O2S2. The lowest BCUT2D eigenvalue weighted by molar-refractivity contribution is 0.418. The third-order valence-corrected chi connectivity index (χ3v) is 6.77. The summed E-state index contributed by atoms with van der Waals surface area (Å²) in [6.45, 7) is 1.53. The quantitative estimate of drug-likeness (QED) is 0.878. The smallest absolute Gasteiger partial charge is 0.252 e. The van der Waals surface area contributed by atoms with Crippen molar-refractivity contribution < 1.29 is 8.42 Å². The molecule has 1 aliphatic heterocycles. The third kappa shape index (κ3) is 3.68. The lowest BCUT2D eigenvalue weighted by Crippen LogP contribution is -2.38. The normalized spacial score (nSPS) is 20.1. The number of likely N-dealkylation sites (N-methyl/N-ethyl adjacent to an activating group) is 1. The molecule has 4 nitrogen and oxygen atoms in total. The fourth-order valence-corrected chi connectivity index (χ4v) is 5.35. The first-order valence-electron chi connectivity index (χ1n) is 5.45. The molecule has 0 saturated carbocycles. The van der Waals surface area contributed by atoms with Crippen LogP contribution in [0.4, 0.5) is 0 Å². The lowest BCUT2D eigenvalue weighted by atomic mass is 10.2. The average molecular weight is 376 g/mol. The van der Waals surface area contributed by atoms with Gasteiger partial charge in [-0.3, -0.25) is 0 Å². The molecule has 1 N–H and O–H groups in total. The predicted molar refractivity (Wildman–Crippen MR) is 80.1 cm³/mol. The lowest BCUT2D eigenvalue weighted by Gasteiger charge is -2.20. The Hall–Kier alpha value is 0.340. The SMILES string of the molecule is CN(CC1CCCN1)S(=O)(=O)c1ccc(Br)s1.Cl. The fraction of sp³-hybridized carbons (Fsp3) is 0.600. The molecule has 18 heavy (non-hydrogen) atoms. The third-order valence-electron chi connectivity index (χ3n) is 2.85. The molecule has 0 aromatic carbocycles. The molecule has 104 valence electrons. The number of thiophene rings is 1.